The average Bonchev–Trinajstić information content (AvgIpc) is 3.09. The summed E-state index contributed by atoms with van der Waals surface area (Å²) in [7, 11) is 0. The molecule has 1 aliphatic heterocycles. The first-order chi connectivity index (χ1) is 14.8. The molecule has 2 heterocycles. The number of aromatic carboxylic acids is 1. The first-order valence-electron chi connectivity index (χ1n) is 9.40. The fourth-order valence-electron chi connectivity index (χ4n) is 3.51. The quantitative estimate of drug-likeness (QED) is 0.555. The van der Waals surface area contributed by atoms with Crippen molar-refractivity contribution in [3.05, 3.63) is 69.8 Å². The number of para-hydroxylation sites is 1. The van der Waals surface area contributed by atoms with Crippen molar-refractivity contribution in [3.63, 3.8) is 0 Å². The molecule has 1 saturated heterocycles. The number of pyridine rings is 1. The molecule has 0 bridgehead atoms. The Kier molecular flexibility index (Phi) is 5.32. The van der Waals surface area contributed by atoms with Crippen molar-refractivity contribution in [2.24, 2.45) is 0 Å². The molecule has 3 aromatic rings. The SMILES string of the molecule is CCn1cc(C(=O)O)c(=O)c2cc(F)c(NN3C(=O)CS[C@H]3c3ccccc3O)cc21. The molecule has 0 radical (unpaired) electrons. The number of rotatable bonds is 5. The standard InChI is InChI=1S/C21H18FN3O5S/c1-2-24-9-13(21(29)30)19(28)12-7-14(22)15(8-16(12)24)23-25-18(27)10-31-20(25)11-5-3-4-6-17(11)26/h3-9,20,23,26H,2,10H2,1H3,(H,29,30)/t20-/m0/s1. The second kappa shape index (κ2) is 7.95. The summed E-state index contributed by atoms with van der Waals surface area (Å²) in [5, 5.41) is 20.0. The number of hydrogen-bond donors (Lipinski definition) is 3. The van der Waals surface area contributed by atoms with Crippen molar-refractivity contribution in [1.82, 2.24) is 9.58 Å². The van der Waals surface area contributed by atoms with Gasteiger partial charge in [0.1, 0.15) is 22.5 Å². The minimum Gasteiger partial charge on any atom is -0.508 e. The van der Waals surface area contributed by atoms with Crippen molar-refractivity contribution < 1.29 is 24.2 Å². The minimum atomic E-state index is -1.39. The van der Waals surface area contributed by atoms with Crippen LogP contribution in [0.25, 0.3) is 10.9 Å². The van der Waals surface area contributed by atoms with Gasteiger partial charge in [0, 0.05) is 23.7 Å². The van der Waals surface area contributed by atoms with Gasteiger partial charge < -0.3 is 14.8 Å². The molecule has 8 nitrogen and oxygen atoms in total. The number of carboxylic acids is 1. The molecule has 1 fully saturated rings. The van der Waals surface area contributed by atoms with Crippen molar-refractivity contribution in [1.29, 1.82) is 0 Å². The van der Waals surface area contributed by atoms with Crippen molar-refractivity contribution in [3.8, 4) is 5.75 Å². The van der Waals surface area contributed by atoms with E-state index in [-0.39, 0.29) is 28.5 Å². The summed E-state index contributed by atoms with van der Waals surface area (Å²) in [6.07, 6.45) is 1.22. The summed E-state index contributed by atoms with van der Waals surface area (Å²) in [4.78, 5) is 36.3. The van der Waals surface area contributed by atoms with E-state index in [0.717, 1.165) is 6.07 Å². The third-order valence-electron chi connectivity index (χ3n) is 5.05. The zero-order valence-electron chi connectivity index (χ0n) is 16.3. The lowest BCUT2D eigenvalue weighted by Crippen LogP contribution is -2.34. The van der Waals surface area contributed by atoms with Crippen LogP contribution in [0.15, 0.2) is 47.4 Å². The Morgan fingerprint density at radius 2 is 2.03 bits per heavy atom. The molecule has 10 heteroatoms. The zero-order chi connectivity index (χ0) is 22.3. The number of hydrogen-bond acceptors (Lipinski definition) is 6. The number of fused-ring (bicyclic) bond motifs is 1. The average molecular weight is 443 g/mol. The molecule has 3 N–H and O–H groups in total. The minimum absolute atomic E-state index is 0.0153. The van der Waals surface area contributed by atoms with Gasteiger partial charge in [0.05, 0.1) is 17.0 Å². The lowest BCUT2D eigenvalue weighted by molar-refractivity contribution is -0.126. The first kappa shape index (κ1) is 20.7. The molecule has 31 heavy (non-hydrogen) atoms. The molecule has 4 rings (SSSR count). The molecular formula is C21H18FN3O5S. The smallest absolute Gasteiger partial charge is 0.341 e. The number of aryl methyl sites for hydroxylation is 1. The van der Waals surface area contributed by atoms with E-state index in [2.05, 4.69) is 5.43 Å². The van der Waals surface area contributed by atoms with Crippen LogP contribution in [0.4, 0.5) is 10.1 Å². The van der Waals surface area contributed by atoms with Crippen LogP contribution >= 0.6 is 11.8 Å². The highest BCUT2D eigenvalue weighted by Crippen LogP contribution is 2.42. The third-order valence-corrected chi connectivity index (χ3v) is 6.25. The van der Waals surface area contributed by atoms with Crippen molar-refractivity contribution >= 4 is 40.2 Å². The number of aromatic nitrogens is 1. The Labute approximate surface area is 179 Å². The van der Waals surface area contributed by atoms with Gasteiger partial charge in [-0.3, -0.25) is 15.0 Å². The number of amides is 1. The van der Waals surface area contributed by atoms with E-state index in [0.29, 0.717) is 17.6 Å². The Morgan fingerprint density at radius 3 is 2.71 bits per heavy atom. The van der Waals surface area contributed by atoms with Gasteiger partial charge in [-0.25, -0.2) is 14.2 Å². The summed E-state index contributed by atoms with van der Waals surface area (Å²) in [6.45, 7) is 2.11. The Morgan fingerprint density at radius 1 is 1.29 bits per heavy atom. The third kappa shape index (κ3) is 3.59. The lowest BCUT2D eigenvalue weighted by atomic mass is 10.1. The van der Waals surface area contributed by atoms with Crippen LogP contribution in [-0.4, -0.2) is 37.4 Å². The first-order valence-corrected chi connectivity index (χ1v) is 10.4. The van der Waals surface area contributed by atoms with Gasteiger partial charge in [-0.2, -0.15) is 0 Å². The van der Waals surface area contributed by atoms with Gasteiger partial charge in [-0.15, -0.1) is 11.8 Å². The van der Waals surface area contributed by atoms with E-state index in [9.17, 15) is 29.0 Å². The number of nitrogens with one attached hydrogen (secondary N) is 1. The summed E-state index contributed by atoms with van der Waals surface area (Å²) in [6, 6.07) is 8.93. The zero-order valence-corrected chi connectivity index (χ0v) is 17.1. The number of phenolic OH excluding ortho intramolecular Hbond substituents is 1. The number of anilines is 1. The normalized spacial score (nSPS) is 16.1. The maximum Gasteiger partial charge on any atom is 0.341 e. The number of carbonyl (C=O) groups is 2. The molecule has 1 aliphatic rings. The maximum atomic E-state index is 14.9. The molecular weight excluding hydrogens is 425 g/mol. The highest BCUT2D eigenvalue weighted by molar-refractivity contribution is 8.00. The number of aromatic hydroxyl groups is 1. The Bertz CT molecular complexity index is 1280. The van der Waals surface area contributed by atoms with E-state index in [4.69, 9.17) is 0 Å². The fourth-order valence-corrected chi connectivity index (χ4v) is 4.65. The number of phenols is 1. The molecule has 1 aromatic heterocycles. The monoisotopic (exact) mass is 443 g/mol. The molecule has 0 aliphatic carbocycles. The second-order valence-corrected chi connectivity index (χ2v) is 7.98. The molecule has 0 unspecified atom stereocenters. The molecule has 1 atom stereocenters. The maximum absolute atomic E-state index is 14.9. The van der Waals surface area contributed by atoms with Gasteiger partial charge >= 0.3 is 5.97 Å². The van der Waals surface area contributed by atoms with Crippen LogP contribution in [0.5, 0.6) is 5.75 Å². The van der Waals surface area contributed by atoms with E-state index in [1.165, 1.54) is 39.7 Å². The lowest BCUT2D eigenvalue weighted by Gasteiger charge is -2.26. The van der Waals surface area contributed by atoms with E-state index in [1.807, 2.05) is 0 Å². The second-order valence-electron chi connectivity index (χ2n) is 6.91. The van der Waals surface area contributed by atoms with Crippen LogP contribution in [0.3, 0.4) is 0 Å². The van der Waals surface area contributed by atoms with E-state index >= 15 is 0 Å². The summed E-state index contributed by atoms with van der Waals surface area (Å²) < 4.78 is 16.4. The van der Waals surface area contributed by atoms with E-state index < -0.39 is 28.2 Å². The number of hydrazine groups is 1. The highest BCUT2D eigenvalue weighted by Gasteiger charge is 2.35. The van der Waals surface area contributed by atoms with Crippen LogP contribution in [-0.2, 0) is 11.3 Å². The van der Waals surface area contributed by atoms with Crippen LogP contribution < -0.4 is 10.9 Å². The number of carboxylic acid groups (broad SMARTS) is 1. The topological polar surface area (TPSA) is 112 Å². The van der Waals surface area contributed by atoms with Gasteiger partial charge in [0.15, 0.2) is 0 Å². The predicted molar refractivity (Wildman–Crippen MR) is 115 cm³/mol. The molecule has 0 spiro atoms. The molecule has 2 aromatic carbocycles. The number of thioether (sulfide) groups is 1. The molecule has 160 valence electrons. The summed E-state index contributed by atoms with van der Waals surface area (Å²) in [5.74, 6) is -2.34. The van der Waals surface area contributed by atoms with Gasteiger partial charge in [-0.05, 0) is 25.1 Å². The van der Waals surface area contributed by atoms with Crippen molar-refractivity contribution in [2.75, 3.05) is 11.2 Å². The Balaban J connectivity index is 1.79. The largest absolute Gasteiger partial charge is 0.508 e. The number of halogens is 1. The van der Waals surface area contributed by atoms with Crippen LogP contribution in [0, 0.1) is 5.82 Å². The summed E-state index contributed by atoms with van der Waals surface area (Å²) >= 11 is 1.28. The van der Waals surface area contributed by atoms with Gasteiger partial charge in [0.2, 0.25) is 5.43 Å². The molecule has 0 saturated carbocycles. The number of nitrogens with zero attached hydrogens (tertiary/aromatic N) is 2. The molecule has 1 amide bonds. The Hall–Kier alpha value is -3.53. The fraction of sp³-hybridized carbons (Fsp3) is 0.190. The predicted octanol–water partition coefficient (Wildman–Crippen LogP) is 3.17. The van der Waals surface area contributed by atoms with Crippen LogP contribution in [0.2, 0.25) is 0 Å². The van der Waals surface area contributed by atoms with Gasteiger partial charge in [-0.1, -0.05) is 18.2 Å². The van der Waals surface area contributed by atoms with E-state index in [1.54, 1.807) is 25.1 Å². The van der Waals surface area contributed by atoms with Gasteiger partial charge in [0.25, 0.3) is 5.91 Å². The van der Waals surface area contributed by atoms with Crippen molar-refractivity contribution in [2.45, 2.75) is 18.8 Å². The van der Waals surface area contributed by atoms with Crippen LogP contribution in [0.1, 0.15) is 28.2 Å². The highest BCUT2D eigenvalue weighted by atomic mass is 32.2. The summed E-state index contributed by atoms with van der Waals surface area (Å²) in [5.41, 5.74) is 2.34. The number of benzene rings is 2. The number of carbonyl (C=O) groups excluding carboxylic acids is 1.